The number of nitrogens with two attached hydrogens (primary N) is 1. The lowest BCUT2D eigenvalue weighted by Gasteiger charge is -2.39. The second-order valence-corrected chi connectivity index (χ2v) is 7.91. The van der Waals surface area contributed by atoms with Gasteiger partial charge in [0.1, 0.15) is 0 Å². The van der Waals surface area contributed by atoms with Gasteiger partial charge in [-0.15, -0.1) is 0 Å². The van der Waals surface area contributed by atoms with E-state index in [1.165, 1.54) is 0 Å². The normalized spacial score (nSPS) is 29.7. The molecule has 0 aromatic heterocycles. The van der Waals surface area contributed by atoms with Crippen LogP contribution in [-0.2, 0) is 20.3 Å². The summed E-state index contributed by atoms with van der Waals surface area (Å²) in [6.45, 7) is 1.17. The van der Waals surface area contributed by atoms with Gasteiger partial charge in [-0.2, -0.15) is 0 Å². The quantitative estimate of drug-likeness (QED) is 0.891. The summed E-state index contributed by atoms with van der Waals surface area (Å²) in [7, 11) is -1.27. The van der Waals surface area contributed by atoms with Crippen molar-refractivity contribution in [1.82, 2.24) is 0 Å². The first kappa shape index (κ1) is 15.7. The van der Waals surface area contributed by atoms with E-state index >= 15 is 0 Å². The highest BCUT2D eigenvalue weighted by molar-refractivity contribution is 7.85. The van der Waals surface area contributed by atoms with Crippen LogP contribution in [0.4, 0.5) is 0 Å². The maximum atomic E-state index is 12.8. The van der Waals surface area contributed by atoms with Crippen LogP contribution in [0, 0.1) is 0 Å². The van der Waals surface area contributed by atoms with Crippen LogP contribution in [0.2, 0.25) is 10.0 Å². The molecule has 21 heavy (non-hydrogen) atoms. The van der Waals surface area contributed by atoms with Crippen molar-refractivity contribution in [2.75, 3.05) is 13.2 Å². The van der Waals surface area contributed by atoms with Crippen molar-refractivity contribution in [3.63, 3.8) is 0 Å². The molecule has 2 fully saturated rings. The van der Waals surface area contributed by atoms with E-state index in [4.69, 9.17) is 38.4 Å². The fourth-order valence-electron chi connectivity index (χ4n) is 2.90. The van der Waals surface area contributed by atoms with Crippen molar-refractivity contribution in [2.45, 2.75) is 41.2 Å². The first-order chi connectivity index (χ1) is 10.0. The smallest absolute Gasteiger partial charge is 0.169 e. The summed E-state index contributed by atoms with van der Waals surface area (Å²) in [5.74, 6) is -0.605. The first-order valence-electron chi connectivity index (χ1n) is 6.90. The Kier molecular flexibility index (Phi) is 4.60. The van der Waals surface area contributed by atoms with Crippen molar-refractivity contribution < 1.29 is 13.7 Å². The minimum atomic E-state index is -1.27. The Labute approximate surface area is 136 Å². The molecule has 1 aliphatic heterocycles. The highest BCUT2D eigenvalue weighted by Crippen LogP contribution is 2.38. The molecule has 3 unspecified atom stereocenters. The van der Waals surface area contributed by atoms with Gasteiger partial charge in [-0.25, -0.2) is 0 Å². The number of hydrogen-bond donors (Lipinski definition) is 1. The second-order valence-electron chi connectivity index (χ2n) is 5.43. The van der Waals surface area contributed by atoms with Gasteiger partial charge in [0.05, 0.1) is 39.3 Å². The van der Waals surface area contributed by atoms with Crippen LogP contribution in [0.1, 0.15) is 19.3 Å². The summed E-state index contributed by atoms with van der Waals surface area (Å²) >= 11 is 11.9. The summed E-state index contributed by atoms with van der Waals surface area (Å²) in [6, 6.07) is 4.89. The fourth-order valence-corrected chi connectivity index (χ4v) is 4.91. The zero-order chi connectivity index (χ0) is 15.0. The molecule has 3 rings (SSSR count). The number of hydrogen-bond acceptors (Lipinski definition) is 4. The van der Waals surface area contributed by atoms with E-state index in [0.717, 1.165) is 12.8 Å². The Morgan fingerprint density at radius 2 is 1.95 bits per heavy atom. The molecule has 0 radical (unpaired) electrons. The largest absolute Gasteiger partial charge is 0.347 e. The molecule has 116 valence electrons. The molecule has 1 aliphatic carbocycles. The van der Waals surface area contributed by atoms with Gasteiger partial charge in [0.2, 0.25) is 0 Å². The molecule has 2 aliphatic rings. The zero-order valence-electron chi connectivity index (χ0n) is 11.4. The van der Waals surface area contributed by atoms with E-state index in [1.807, 2.05) is 0 Å². The van der Waals surface area contributed by atoms with Crippen molar-refractivity contribution in [2.24, 2.45) is 5.73 Å². The summed E-state index contributed by atoms with van der Waals surface area (Å²) in [6.07, 6.45) is 2.03. The summed E-state index contributed by atoms with van der Waals surface area (Å²) < 4.78 is 24.3. The van der Waals surface area contributed by atoms with Crippen LogP contribution in [0.25, 0.3) is 0 Å². The van der Waals surface area contributed by atoms with Gasteiger partial charge in [0.25, 0.3) is 0 Å². The highest BCUT2D eigenvalue weighted by atomic mass is 35.5. The molecule has 3 atom stereocenters. The standard InChI is InChI=1S/C14H17Cl2NO3S/c15-10-2-1-9(7-11(10)16)21(18)13-8-14(4-3-12(13)17)19-5-6-20-14/h1-2,7,12-13H,3-6,8,17H2. The Morgan fingerprint density at radius 1 is 1.24 bits per heavy atom. The van der Waals surface area contributed by atoms with Crippen molar-refractivity contribution >= 4 is 34.0 Å². The van der Waals surface area contributed by atoms with Gasteiger partial charge in [0, 0.05) is 23.8 Å². The minimum Gasteiger partial charge on any atom is -0.347 e. The van der Waals surface area contributed by atoms with Gasteiger partial charge < -0.3 is 15.2 Å². The molecule has 1 heterocycles. The SMILES string of the molecule is NC1CCC2(CC1S(=O)c1ccc(Cl)c(Cl)c1)OCCO2. The maximum absolute atomic E-state index is 12.8. The average molecular weight is 350 g/mol. The van der Waals surface area contributed by atoms with Crippen molar-refractivity contribution in [3.8, 4) is 0 Å². The van der Waals surface area contributed by atoms with Crippen LogP contribution >= 0.6 is 23.2 Å². The monoisotopic (exact) mass is 349 g/mol. The summed E-state index contributed by atoms with van der Waals surface area (Å²) in [5, 5.41) is 0.633. The van der Waals surface area contributed by atoms with Crippen LogP contribution in [-0.4, -0.2) is 34.5 Å². The van der Waals surface area contributed by atoms with Crippen molar-refractivity contribution in [1.29, 1.82) is 0 Å². The van der Waals surface area contributed by atoms with Gasteiger partial charge in [0.15, 0.2) is 5.79 Å². The lowest BCUT2D eigenvalue weighted by atomic mass is 9.90. The minimum absolute atomic E-state index is 0.140. The van der Waals surface area contributed by atoms with Crippen LogP contribution in [0.3, 0.4) is 0 Å². The molecular formula is C14H17Cl2NO3S. The molecular weight excluding hydrogens is 333 g/mol. The Bertz CT molecular complexity index is 563. The first-order valence-corrected chi connectivity index (χ1v) is 8.87. The van der Waals surface area contributed by atoms with Crippen LogP contribution in [0.5, 0.6) is 0 Å². The van der Waals surface area contributed by atoms with Gasteiger partial charge >= 0.3 is 0 Å². The lowest BCUT2D eigenvalue weighted by molar-refractivity contribution is -0.177. The van der Waals surface area contributed by atoms with Gasteiger partial charge in [-0.3, -0.25) is 4.21 Å². The molecule has 4 nitrogen and oxygen atoms in total. The van der Waals surface area contributed by atoms with E-state index in [-0.39, 0.29) is 11.3 Å². The lowest BCUT2D eigenvalue weighted by Crippen LogP contribution is -2.50. The van der Waals surface area contributed by atoms with E-state index in [9.17, 15) is 4.21 Å². The molecule has 0 bridgehead atoms. The summed E-state index contributed by atoms with van der Waals surface area (Å²) in [4.78, 5) is 0.639. The fraction of sp³-hybridized carbons (Fsp3) is 0.571. The molecule has 0 amide bonds. The third-order valence-electron chi connectivity index (χ3n) is 4.06. The Morgan fingerprint density at radius 3 is 2.62 bits per heavy atom. The predicted molar refractivity (Wildman–Crippen MR) is 83.1 cm³/mol. The predicted octanol–water partition coefficient (Wildman–Crippen LogP) is 2.72. The van der Waals surface area contributed by atoms with Crippen LogP contribution < -0.4 is 5.73 Å². The Balaban J connectivity index is 1.83. The zero-order valence-corrected chi connectivity index (χ0v) is 13.7. The third-order valence-corrected chi connectivity index (χ3v) is 6.58. The van der Waals surface area contributed by atoms with E-state index < -0.39 is 16.6 Å². The maximum Gasteiger partial charge on any atom is 0.169 e. The van der Waals surface area contributed by atoms with Crippen molar-refractivity contribution in [3.05, 3.63) is 28.2 Å². The summed E-state index contributed by atoms with van der Waals surface area (Å²) in [5.41, 5.74) is 6.17. The van der Waals surface area contributed by atoms with Crippen LogP contribution in [0.15, 0.2) is 23.1 Å². The average Bonchev–Trinajstić information content (AvgIpc) is 2.92. The van der Waals surface area contributed by atoms with E-state index in [0.29, 0.717) is 34.6 Å². The Hall–Kier alpha value is -0.170. The molecule has 1 aromatic rings. The van der Waals surface area contributed by atoms with Gasteiger partial charge in [-0.1, -0.05) is 23.2 Å². The number of ether oxygens (including phenoxy) is 2. The highest BCUT2D eigenvalue weighted by Gasteiger charge is 2.46. The molecule has 7 heteroatoms. The molecule has 2 N–H and O–H groups in total. The molecule has 1 aromatic carbocycles. The second kappa shape index (κ2) is 6.14. The van der Waals surface area contributed by atoms with Gasteiger partial charge in [-0.05, 0) is 24.6 Å². The number of benzene rings is 1. The number of halogens is 2. The third kappa shape index (κ3) is 3.14. The molecule has 1 spiro atoms. The van der Waals surface area contributed by atoms with E-state index in [2.05, 4.69) is 0 Å². The molecule has 1 saturated carbocycles. The van der Waals surface area contributed by atoms with E-state index in [1.54, 1.807) is 18.2 Å². The molecule has 1 saturated heterocycles. The number of rotatable bonds is 2. The topological polar surface area (TPSA) is 61.6 Å².